The largest absolute Gasteiger partial charge is 0.358 e. The Bertz CT molecular complexity index is 1430. The van der Waals surface area contributed by atoms with Crippen molar-refractivity contribution in [1.82, 2.24) is 15.5 Å². The molecule has 1 saturated heterocycles. The van der Waals surface area contributed by atoms with Crippen LogP contribution in [-0.2, 0) is 14.8 Å². The normalized spacial score (nSPS) is 14.8. The Morgan fingerprint density at radius 3 is 2.29 bits per heavy atom. The van der Waals surface area contributed by atoms with Gasteiger partial charge in [-0.3, -0.25) is 18.8 Å². The quantitative estimate of drug-likeness (QED) is 0.406. The minimum atomic E-state index is -3.67. The summed E-state index contributed by atoms with van der Waals surface area (Å²) in [5.74, 6) is -0.806. The van der Waals surface area contributed by atoms with Crippen LogP contribution in [-0.4, -0.2) is 64.1 Å². The molecule has 1 unspecified atom stereocenters. The van der Waals surface area contributed by atoms with Crippen molar-refractivity contribution in [3.8, 4) is 0 Å². The van der Waals surface area contributed by atoms with Crippen LogP contribution in [0.4, 0.5) is 5.69 Å². The topological polar surface area (TPSA) is 98.8 Å². The molecule has 38 heavy (non-hydrogen) atoms. The van der Waals surface area contributed by atoms with Crippen LogP contribution in [0.15, 0.2) is 72.8 Å². The number of carbonyl (C=O) groups is 2. The molecule has 0 bridgehead atoms. The predicted molar refractivity (Wildman–Crippen MR) is 150 cm³/mol. The number of halogens is 2. The molecule has 3 aromatic rings. The molecule has 0 spiro atoms. The maximum atomic E-state index is 12.9. The Labute approximate surface area is 232 Å². The molecule has 4 rings (SSSR count). The number of nitrogens with zero attached hydrogens (tertiary/aromatic N) is 2. The number of rotatable bonds is 9. The van der Waals surface area contributed by atoms with Gasteiger partial charge >= 0.3 is 0 Å². The third-order valence-electron chi connectivity index (χ3n) is 6.35. The standard InChI is InChI=1S/C27H28Cl2N4O4S/c1-30-25(34)15-31-27(35)20-6-4-8-23(14-20)33(38(2,36)37)24-16-32(17-24)26(18-9-11-21(28)12-10-18)19-5-3-7-22(29)13-19/h3-14,24,26H,15-17H2,1-2H3,(H,30,34)(H,31,35). The second-order valence-corrected chi connectivity index (χ2v) is 11.8. The van der Waals surface area contributed by atoms with Gasteiger partial charge in [0.05, 0.1) is 30.6 Å². The Morgan fingerprint density at radius 1 is 0.974 bits per heavy atom. The van der Waals surface area contributed by atoms with Crippen molar-refractivity contribution in [2.45, 2.75) is 12.1 Å². The number of sulfonamides is 1. The van der Waals surface area contributed by atoms with Crippen molar-refractivity contribution in [3.63, 3.8) is 0 Å². The highest BCUT2D eigenvalue weighted by Crippen LogP contribution is 2.37. The smallest absolute Gasteiger partial charge is 0.251 e. The molecular formula is C27H28Cl2N4O4S. The molecular weight excluding hydrogens is 547 g/mol. The molecule has 1 fully saturated rings. The van der Waals surface area contributed by atoms with Crippen molar-refractivity contribution in [3.05, 3.63) is 99.5 Å². The zero-order valence-corrected chi connectivity index (χ0v) is 23.2. The third kappa shape index (κ3) is 6.47. The molecule has 3 aromatic carbocycles. The summed E-state index contributed by atoms with van der Waals surface area (Å²) in [5, 5.41) is 6.21. The highest BCUT2D eigenvalue weighted by molar-refractivity contribution is 7.92. The minimum Gasteiger partial charge on any atom is -0.358 e. The molecule has 0 aliphatic carbocycles. The minimum absolute atomic E-state index is 0.148. The summed E-state index contributed by atoms with van der Waals surface area (Å²) in [6.45, 7) is 0.739. The van der Waals surface area contributed by atoms with Crippen LogP contribution in [0, 0.1) is 0 Å². The van der Waals surface area contributed by atoms with E-state index < -0.39 is 15.9 Å². The molecule has 2 N–H and O–H groups in total. The fourth-order valence-electron chi connectivity index (χ4n) is 4.59. The Kier molecular flexibility index (Phi) is 8.62. The molecule has 1 heterocycles. The van der Waals surface area contributed by atoms with Crippen LogP contribution < -0.4 is 14.9 Å². The van der Waals surface area contributed by atoms with Crippen molar-refractivity contribution in [2.24, 2.45) is 0 Å². The van der Waals surface area contributed by atoms with Gasteiger partial charge < -0.3 is 10.6 Å². The van der Waals surface area contributed by atoms with Crippen LogP contribution in [0.5, 0.6) is 0 Å². The number of hydrogen-bond donors (Lipinski definition) is 2. The molecule has 11 heteroatoms. The highest BCUT2D eigenvalue weighted by atomic mass is 35.5. The Morgan fingerprint density at radius 2 is 1.66 bits per heavy atom. The van der Waals surface area contributed by atoms with Gasteiger partial charge in [0.15, 0.2) is 0 Å². The van der Waals surface area contributed by atoms with Crippen LogP contribution in [0.2, 0.25) is 10.0 Å². The summed E-state index contributed by atoms with van der Waals surface area (Å²) in [6, 6.07) is 21.1. The van der Waals surface area contributed by atoms with Crippen molar-refractivity contribution in [1.29, 1.82) is 0 Å². The number of likely N-dealkylation sites (N-methyl/N-ethyl adjacent to an activating group) is 1. The fraction of sp³-hybridized carbons (Fsp3) is 0.259. The van der Waals surface area contributed by atoms with Gasteiger partial charge in [0.2, 0.25) is 15.9 Å². The number of amides is 2. The third-order valence-corrected chi connectivity index (χ3v) is 8.06. The predicted octanol–water partition coefficient (Wildman–Crippen LogP) is 3.71. The van der Waals surface area contributed by atoms with E-state index in [4.69, 9.17) is 23.2 Å². The average Bonchev–Trinajstić information content (AvgIpc) is 2.86. The zero-order chi connectivity index (χ0) is 27.4. The van der Waals surface area contributed by atoms with Crippen molar-refractivity contribution >= 4 is 50.7 Å². The average molecular weight is 576 g/mol. The lowest BCUT2D eigenvalue weighted by atomic mass is 9.93. The van der Waals surface area contributed by atoms with Crippen molar-refractivity contribution < 1.29 is 18.0 Å². The number of benzene rings is 3. The number of carbonyl (C=O) groups excluding carboxylic acids is 2. The summed E-state index contributed by atoms with van der Waals surface area (Å²) in [6.07, 6.45) is 1.15. The number of hydrogen-bond acceptors (Lipinski definition) is 5. The molecule has 1 atom stereocenters. The summed E-state index contributed by atoms with van der Waals surface area (Å²) < 4.78 is 27.2. The van der Waals surface area contributed by atoms with E-state index in [9.17, 15) is 18.0 Å². The van der Waals surface area contributed by atoms with E-state index in [0.29, 0.717) is 28.8 Å². The maximum Gasteiger partial charge on any atom is 0.251 e. The van der Waals surface area contributed by atoms with Gasteiger partial charge in [0.1, 0.15) is 0 Å². The van der Waals surface area contributed by atoms with Gasteiger partial charge in [-0.15, -0.1) is 0 Å². The van der Waals surface area contributed by atoms with Gasteiger partial charge in [-0.2, -0.15) is 0 Å². The first-order valence-electron chi connectivity index (χ1n) is 11.9. The van der Waals surface area contributed by atoms with E-state index in [1.54, 1.807) is 18.2 Å². The number of nitrogens with one attached hydrogen (secondary N) is 2. The first kappa shape index (κ1) is 27.9. The van der Waals surface area contributed by atoms with E-state index >= 15 is 0 Å². The molecule has 1 aliphatic heterocycles. The molecule has 1 aliphatic rings. The second-order valence-electron chi connectivity index (χ2n) is 9.08. The molecule has 2 amide bonds. The van der Waals surface area contributed by atoms with Crippen LogP contribution in [0.25, 0.3) is 0 Å². The Balaban J connectivity index is 1.58. The summed E-state index contributed by atoms with van der Waals surface area (Å²) in [5.41, 5.74) is 2.64. The fourth-order valence-corrected chi connectivity index (χ4v) is 6.09. The van der Waals surface area contributed by atoms with Gasteiger partial charge in [-0.05, 0) is 53.6 Å². The first-order valence-corrected chi connectivity index (χ1v) is 14.5. The highest BCUT2D eigenvalue weighted by Gasteiger charge is 2.40. The lowest BCUT2D eigenvalue weighted by molar-refractivity contribution is -0.119. The van der Waals surface area contributed by atoms with Gasteiger partial charge in [0, 0.05) is 35.7 Å². The van der Waals surface area contributed by atoms with Crippen LogP contribution >= 0.6 is 23.2 Å². The summed E-state index contributed by atoms with van der Waals surface area (Å²) >= 11 is 12.4. The molecule has 0 radical (unpaired) electrons. The van der Waals surface area contributed by atoms with Gasteiger partial charge in [-0.1, -0.05) is 53.5 Å². The van der Waals surface area contributed by atoms with E-state index in [2.05, 4.69) is 15.5 Å². The number of likely N-dealkylation sites (tertiary alicyclic amines) is 1. The first-order chi connectivity index (χ1) is 18.1. The van der Waals surface area contributed by atoms with Crippen molar-refractivity contribution in [2.75, 3.05) is 37.2 Å². The van der Waals surface area contributed by atoms with Gasteiger partial charge in [0.25, 0.3) is 5.91 Å². The van der Waals surface area contributed by atoms with E-state index in [1.165, 1.54) is 17.4 Å². The second kappa shape index (κ2) is 11.7. The van der Waals surface area contributed by atoms with Crippen LogP contribution in [0.3, 0.4) is 0 Å². The van der Waals surface area contributed by atoms with Gasteiger partial charge in [-0.25, -0.2) is 8.42 Å². The zero-order valence-electron chi connectivity index (χ0n) is 20.9. The summed E-state index contributed by atoms with van der Waals surface area (Å²) in [7, 11) is -2.19. The van der Waals surface area contributed by atoms with E-state index in [1.807, 2.05) is 48.5 Å². The van der Waals surface area contributed by atoms with Crippen LogP contribution in [0.1, 0.15) is 27.5 Å². The molecule has 0 aromatic heterocycles. The van der Waals surface area contributed by atoms with E-state index in [0.717, 1.165) is 17.4 Å². The maximum absolute atomic E-state index is 12.9. The number of anilines is 1. The molecule has 0 saturated carbocycles. The SMILES string of the molecule is CNC(=O)CNC(=O)c1cccc(N(C2CN(C(c3ccc(Cl)cc3)c3cccc(Cl)c3)C2)S(C)(=O)=O)c1. The molecule has 8 nitrogen and oxygen atoms in total. The Hall–Kier alpha value is -3.11. The lowest BCUT2D eigenvalue weighted by Crippen LogP contribution is -2.61. The lowest BCUT2D eigenvalue weighted by Gasteiger charge is -2.48. The van der Waals surface area contributed by atoms with E-state index in [-0.39, 0.29) is 30.1 Å². The molecule has 200 valence electrons. The monoisotopic (exact) mass is 574 g/mol. The summed E-state index contributed by atoms with van der Waals surface area (Å²) in [4.78, 5) is 26.2.